The maximum atomic E-state index is 2.59. The molecule has 0 heterocycles. The Morgan fingerprint density at radius 1 is 0.657 bits per heavy atom. The van der Waals surface area contributed by atoms with Gasteiger partial charge in [-0.25, -0.2) is 0 Å². The summed E-state index contributed by atoms with van der Waals surface area (Å²) in [4.78, 5) is 0. The van der Waals surface area contributed by atoms with Crippen molar-refractivity contribution in [1.82, 2.24) is 0 Å². The monoisotopic (exact) mass is 528 g/mol. The van der Waals surface area contributed by atoms with E-state index in [0.717, 1.165) is 6.42 Å². The van der Waals surface area contributed by atoms with Gasteiger partial charge in [-0.05, 0) is 0 Å². The predicted octanol–water partition coefficient (Wildman–Crippen LogP) is 8.51. The van der Waals surface area contributed by atoms with E-state index in [-0.39, 0.29) is 0 Å². The summed E-state index contributed by atoms with van der Waals surface area (Å²) in [5, 5.41) is 0. The summed E-state index contributed by atoms with van der Waals surface area (Å²) in [5.74, 6) is 0.567. The van der Waals surface area contributed by atoms with Gasteiger partial charge < -0.3 is 0 Å². The molecule has 0 spiro atoms. The van der Waals surface area contributed by atoms with Crippen LogP contribution in [-0.2, 0) is 21.3 Å². The van der Waals surface area contributed by atoms with Crippen LogP contribution in [0.3, 0.4) is 0 Å². The molecule has 1 heteroatoms. The Kier molecular flexibility index (Phi) is 6.21. The number of rotatable bonds is 5. The maximum absolute atomic E-state index is 2.59. The number of hydrogen-bond donors (Lipinski definition) is 0. The first-order valence-corrected chi connectivity index (χ1v) is 16.5. The fourth-order valence-corrected chi connectivity index (χ4v) is 14.9. The Hall–Kier alpha value is -2.89. The first kappa shape index (κ1) is 22.6. The Labute approximate surface area is 216 Å². The molecule has 170 valence electrons. The van der Waals surface area contributed by atoms with E-state index in [1.165, 1.54) is 39.0 Å². The van der Waals surface area contributed by atoms with Crippen molar-refractivity contribution in [2.24, 2.45) is 5.92 Å². The van der Waals surface area contributed by atoms with Crippen molar-refractivity contribution in [2.45, 2.75) is 23.9 Å². The van der Waals surface area contributed by atoms with Crippen LogP contribution in [0.2, 0.25) is 0 Å². The molecule has 0 fully saturated rings. The van der Waals surface area contributed by atoms with Crippen molar-refractivity contribution in [3.63, 3.8) is 0 Å². The normalized spacial score (nSPS) is 14.4. The van der Waals surface area contributed by atoms with Crippen molar-refractivity contribution < 1.29 is 21.3 Å². The summed E-state index contributed by atoms with van der Waals surface area (Å²) in [7, 11) is 0. The molecule has 0 aromatic heterocycles. The van der Waals surface area contributed by atoms with Gasteiger partial charge in [-0.2, -0.15) is 0 Å². The third-order valence-electron chi connectivity index (χ3n) is 7.43. The van der Waals surface area contributed by atoms with E-state index >= 15 is 0 Å². The van der Waals surface area contributed by atoms with Gasteiger partial charge in [0.1, 0.15) is 0 Å². The topological polar surface area (TPSA) is 0 Å². The Morgan fingerprint density at radius 2 is 1.14 bits per heavy atom. The molecular weight excluding hydrogens is 500 g/mol. The van der Waals surface area contributed by atoms with Gasteiger partial charge in [0.25, 0.3) is 0 Å². The van der Waals surface area contributed by atoms with Gasteiger partial charge in [-0.1, -0.05) is 0 Å². The van der Waals surface area contributed by atoms with Gasteiger partial charge in [-0.15, -0.1) is 0 Å². The van der Waals surface area contributed by atoms with E-state index in [9.17, 15) is 0 Å². The molecule has 0 bridgehead atoms. The van der Waals surface area contributed by atoms with Crippen LogP contribution in [0, 0.1) is 5.92 Å². The third kappa shape index (κ3) is 4.11. The van der Waals surface area contributed by atoms with Crippen LogP contribution in [0.15, 0.2) is 130 Å². The molecule has 0 saturated heterocycles. The van der Waals surface area contributed by atoms with Crippen molar-refractivity contribution in [2.75, 3.05) is 0 Å². The van der Waals surface area contributed by atoms with E-state index in [0.29, 0.717) is 9.54 Å². The van der Waals surface area contributed by atoms with E-state index in [4.69, 9.17) is 0 Å². The molecule has 0 radical (unpaired) electrons. The molecule has 0 N–H and O–H groups in total. The first-order chi connectivity index (χ1) is 17.2. The quantitative estimate of drug-likeness (QED) is 0.243. The summed E-state index contributed by atoms with van der Waals surface area (Å²) >= 11 is -2.56. The van der Waals surface area contributed by atoms with E-state index < -0.39 is 21.3 Å². The summed E-state index contributed by atoms with van der Waals surface area (Å²) in [6.07, 6.45) is 6.20. The molecule has 0 amide bonds. The Balaban J connectivity index is 1.71. The van der Waals surface area contributed by atoms with Crippen LogP contribution in [0.4, 0.5) is 0 Å². The summed E-state index contributed by atoms with van der Waals surface area (Å²) in [6, 6.07) is 40.8. The van der Waals surface area contributed by atoms with E-state index in [1.807, 2.05) is 0 Å². The summed E-state index contributed by atoms with van der Waals surface area (Å²) in [5.41, 5.74) is 10.2. The van der Waals surface area contributed by atoms with Crippen molar-refractivity contribution in [3.05, 3.63) is 152 Å². The van der Waals surface area contributed by atoms with Crippen LogP contribution in [0.1, 0.15) is 46.1 Å². The van der Waals surface area contributed by atoms with Gasteiger partial charge >= 0.3 is 218 Å². The number of allylic oxidation sites excluding steroid dienone is 4. The van der Waals surface area contributed by atoms with E-state index in [2.05, 4.69) is 135 Å². The molecule has 4 aromatic rings. The molecule has 2 aliphatic carbocycles. The number of hydrogen-bond acceptors (Lipinski definition) is 0. The molecule has 0 nitrogen and oxygen atoms in total. The Bertz CT molecular complexity index is 1380. The molecule has 35 heavy (non-hydrogen) atoms. The molecule has 4 aromatic carbocycles. The molecule has 2 aliphatic rings. The SMILES string of the molecule is CC(C)C1=CC[C]([Zr](=[C](c2ccccc2)c2ccccc2)[CH]2c3ccccc3-c3ccccc32)=C1. The first-order valence-electron chi connectivity index (χ1n) is 12.7. The molecule has 0 unspecified atom stereocenters. The predicted molar refractivity (Wildman–Crippen MR) is 145 cm³/mol. The van der Waals surface area contributed by atoms with Crippen LogP contribution in [0.5, 0.6) is 0 Å². The zero-order valence-electron chi connectivity index (χ0n) is 20.4. The molecule has 6 rings (SSSR count). The van der Waals surface area contributed by atoms with Gasteiger partial charge in [0.15, 0.2) is 0 Å². The minimum absolute atomic E-state index is 0.478. The second-order valence-corrected chi connectivity index (χ2v) is 16.1. The standard InChI is InChI=1S/C13H9.C13H10.C8H11.Zr/c1-3-7-12-10(5-1)9-11-6-2-4-8-13(11)12;1-3-7-12(8-4-1)11-13-9-5-2-6-10-13;1-7(2)8-5-3-4-6-8;/h1-9H;1-10H;5-7H,3H2,1-2H3;. The zero-order valence-corrected chi connectivity index (χ0v) is 22.9. The molecule has 0 aliphatic heterocycles. The molecular formula is C34H30Zr. The average Bonchev–Trinajstić information content (AvgIpc) is 3.52. The fraction of sp³-hybridized carbons (Fsp3) is 0.147. The summed E-state index contributed by atoms with van der Waals surface area (Å²) < 4.78 is 3.82. The second-order valence-electron chi connectivity index (χ2n) is 9.86. The van der Waals surface area contributed by atoms with Crippen LogP contribution >= 0.6 is 0 Å². The van der Waals surface area contributed by atoms with Crippen molar-refractivity contribution >= 4 is 3.21 Å². The Morgan fingerprint density at radius 3 is 1.63 bits per heavy atom. The number of benzene rings is 4. The van der Waals surface area contributed by atoms with Crippen molar-refractivity contribution in [3.8, 4) is 11.1 Å². The molecule has 0 saturated carbocycles. The van der Waals surface area contributed by atoms with Crippen LogP contribution in [-0.4, -0.2) is 3.21 Å². The van der Waals surface area contributed by atoms with Crippen LogP contribution < -0.4 is 0 Å². The van der Waals surface area contributed by atoms with Gasteiger partial charge in [0.2, 0.25) is 0 Å². The average molecular weight is 530 g/mol. The fourth-order valence-electron chi connectivity index (χ4n) is 5.78. The van der Waals surface area contributed by atoms with Gasteiger partial charge in [0, 0.05) is 0 Å². The molecule has 0 atom stereocenters. The van der Waals surface area contributed by atoms with Gasteiger partial charge in [-0.3, -0.25) is 0 Å². The minimum atomic E-state index is -2.56. The summed E-state index contributed by atoms with van der Waals surface area (Å²) in [6.45, 7) is 4.65. The third-order valence-corrected chi connectivity index (χ3v) is 15.7. The number of fused-ring (bicyclic) bond motifs is 3. The van der Waals surface area contributed by atoms with Crippen molar-refractivity contribution in [1.29, 1.82) is 0 Å². The zero-order chi connectivity index (χ0) is 23.8. The van der Waals surface area contributed by atoms with Gasteiger partial charge in [0.05, 0.1) is 0 Å². The van der Waals surface area contributed by atoms with Crippen LogP contribution in [0.25, 0.3) is 11.1 Å². The van der Waals surface area contributed by atoms with E-state index in [1.54, 1.807) is 6.49 Å². The second kappa shape index (κ2) is 9.63.